The Bertz CT molecular complexity index is 644. The van der Waals surface area contributed by atoms with Crippen LogP contribution in [0.25, 0.3) is 0 Å². The number of amides is 2. The summed E-state index contributed by atoms with van der Waals surface area (Å²) in [6, 6.07) is 2.27. The molecular weight excluding hydrogens is 380 g/mol. The Balaban J connectivity index is 1.70. The Morgan fingerprint density at radius 2 is 1.89 bits per heavy atom. The molecule has 0 atom stereocenters. The molecule has 2 amide bonds. The van der Waals surface area contributed by atoms with Crippen LogP contribution in [0.1, 0.15) is 31.2 Å². The van der Waals surface area contributed by atoms with Gasteiger partial charge in [-0.25, -0.2) is 9.78 Å². The molecule has 2 N–H and O–H groups in total. The number of carbonyl (C=O) groups excluding carboxylic acids is 1. The highest BCUT2D eigenvalue weighted by Gasteiger charge is 2.62. The first-order valence-corrected chi connectivity index (χ1v) is 8.24. The van der Waals surface area contributed by atoms with Crippen molar-refractivity contribution in [2.45, 2.75) is 44.6 Å². The van der Waals surface area contributed by atoms with Crippen LogP contribution in [-0.2, 0) is 6.54 Å². The molecular formula is C16H19F6N3O2. The van der Waals surface area contributed by atoms with E-state index in [1.54, 1.807) is 0 Å². The van der Waals surface area contributed by atoms with E-state index in [2.05, 4.69) is 15.6 Å². The Kier molecular flexibility index (Phi) is 6.42. The maximum atomic E-state index is 12.8. The number of hydrogen-bond acceptors (Lipinski definition) is 3. The number of aromatic nitrogens is 1. The maximum absolute atomic E-state index is 12.8. The molecule has 1 saturated carbocycles. The third-order valence-corrected chi connectivity index (χ3v) is 4.23. The summed E-state index contributed by atoms with van der Waals surface area (Å²) in [6.07, 6.45) is -8.40. The molecule has 0 radical (unpaired) electrons. The highest BCUT2D eigenvalue weighted by Crippen LogP contribution is 2.59. The second-order valence-electron chi connectivity index (χ2n) is 6.35. The first kappa shape index (κ1) is 21.1. The van der Waals surface area contributed by atoms with E-state index < -0.39 is 36.8 Å². The van der Waals surface area contributed by atoms with Crippen molar-refractivity contribution in [2.75, 3.05) is 13.2 Å². The van der Waals surface area contributed by atoms with Gasteiger partial charge in [-0.1, -0.05) is 0 Å². The maximum Gasteiger partial charge on any atom is 0.394 e. The Morgan fingerprint density at radius 1 is 1.19 bits per heavy atom. The molecule has 0 aromatic carbocycles. The zero-order valence-electron chi connectivity index (χ0n) is 14.2. The van der Waals surface area contributed by atoms with Gasteiger partial charge in [0.25, 0.3) is 0 Å². The van der Waals surface area contributed by atoms with Gasteiger partial charge in [-0.2, -0.15) is 26.3 Å². The van der Waals surface area contributed by atoms with E-state index in [1.165, 1.54) is 18.3 Å². The van der Waals surface area contributed by atoms with Crippen molar-refractivity contribution in [3.63, 3.8) is 0 Å². The fourth-order valence-corrected chi connectivity index (χ4v) is 2.40. The third kappa shape index (κ3) is 6.79. The van der Waals surface area contributed by atoms with Crippen LogP contribution in [0.4, 0.5) is 31.1 Å². The zero-order valence-corrected chi connectivity index (χ0v) is 14.2. The molecule has 1 aromatic heterocycles. The molecule has 1 fully saturated rings. The molecule has 0 spiro atoms. The lowest BCUT2D eigenvalue weighted by molar-refractivity contribution is -0.188. The molecule has 27 heavy (non-hydrogen) atoms. The van der Waals surface area contributed by atoms with Crippen LogP contribution in [0.3, 0.4) is 0 Å². The number of hydrogen-bond donors (Lipinski definition) is 2. The summed E-state index contributed by atoms with van der Waals surface area (Å²) < 4.78 is 79.4. The number of halogens is 6. The van der Waals surface area contributed by atoms with Gasteiger partial charge in [0.1, 0.15) is 0 Å². The SMILES string of the molecule is O=C(NCCC1(C(F)(F)F)CC1)NCc1ccnc(OCCC(F)(F)F)c1. The molecule has 0 bridgehead atoms. The normalized spacial score (nSPS) is 15.9. The average Bonchev–Trinajstić information content (AvgIpc) is 3.33. The number of carbonyl (C=O) groups is 1. The minimum absolute atomic E-state index is 0.0141. The van der Waals surface area contributed by atoms with Crippen molar-refractivity contribution in [3.05, 3.63) is 23.9 Å². The summed E-state index contributed by atoms with van der Waals surface area (Å²) in [7, 11) is 0. The third-order valence-electron chi connectivity index (χ3n) is 4.23. The molecule has 1 heterocycles. The minimum Gasteiger partial charge on any atom is -0.477 e. The highest BCUT2D eigenvalue weighted by atomic mass is 19.4. The molecule has 2 rings (SSSR count). The summed E-state index contributed by atoms with van der Waals surface area (Å²) >= 11 is 0. The van der Waals surface area contributed by atoms with Crippen LogP contribution >= 0.6 is 0 Å². The van der Waals surface area contributed by atoms with E-state index in [1.807, 2.05) is 0 Å². The molecule has 152 valence electrons. The largest absolute Gasteiger partial charge is 0.477 e. The van der Waals surface area contributed by atoms with Gasteiger partial charge in [0.05, 0.1) is 18.4 Å². The molecule has 1 aromatic rings. The lowest BCUT2D eigenvalue weighted by Crippen LogP contribution is -2.37. The monoisotopic (exact) mass is 399 g/mol. The molecule has 0 aliphatic heterocycles. The van der Waals surface area contributed by atoms with Gasteiger partial charge in [-0.3, -0.25) is 0 Å². The molecule has 11 heteroatoms. The van der Waals surface area contributed by atoms with Crippen LogP contribution in [0.5, 0.6) is 5.88 Å². The van der Waals surface area contributed by atoms with Gasteiger partial charge in [0.15, 0.2) is 0 Å². The lowest BCUT2D eigenvalue weighted by Gasteiger charge is -2.19. The second kappa shape index (κ2) is 8.22. The summed E-state index contributed by atoms with van der Waals surface area (Å²) in [5, 5.41) is 4.82. The van der Waals surface area contributed by atoms with E-state index in [4.69, 9.17) is 4.74 Å². The fraction of sp³-hybridized carbons (Fsp3) is 0.625. The standard InChI is InChI=1S/C16H19F6N3O2/c17-15(18,19)5-8-27-12-9-11(1-6-23-12)10-25-13(26)24-7-4-14(2-3-14)16(20,21)22/h1,6,9H,2-5,7-8,10H2,(H2,24,25,26). The fourth-order valence-electron chi connectivity index (χ4n) is 2.40. The number of pyridine rings is 1. The number of rotatable bonds is 8. The van der Waals surface area contributed by atoms with Gasteiger partial charge in [0, 0.05) is 25.4 Å². The number of nitrogens with one attached hydrogen (secondary N) is 2. The first-order chi connectivity index (χ1) is 12.5. The Labute approximate surface area is 151 Å². The van der Waals surface area contributed by atoms with E-state index in [0.29, 0.717) is 5.56 Å². The van der Waals surface area contributed by atoms with Crippen LogP contribution in [-0.4, -0.2) is 36.5 Å². The van der Waals surface area contributed by atoms with Crippen LogP contribution < -0.4 is 15.4 Å². The van der Waals surface area contributed by atoms with Gasteiger partial charge in [0.2, 0.25) is 5.88 Å². The summed E-state index contributed by atoms with van der Waals surface area (Å²) in [5.74, 6) is -0.0141. The summed E-state index contributed by atoms with van der Waals surface area (Å²) in [6.45, 7) is -0.656. The first-order valence-electron chi connectivity index (χ1n) is 8.24. The predicted molar refractivity (Wildman–Crippen MR) is 83.0 cm³/mol. The van der Waals surface area contributed by atoms with Crippen molar-refractivity contribution < 1.29 is 35.9 Å². The summed E-state index contributed by atoms with van der Waals surface area (Å²) in [5.41, 5.74) is -1.15. The average molecular weight is 399 g/mol. The van der Waals surface area contributed by atoms with Crippen molar-refractivity contribution in [2.24, 2.45) is 5.41 Å². The molecule has 0 unspecified atom stereocenters. The Hall–Kier alpha value is -2.20. The highest BCUT2D eigenvalue weighted by molar-refractivity contribution is 5.73. The van der Waals surface area contributed by atoms with Crippen LogP contribution in [0.15, 0.2) is 18.3 Å². The van der Waals surface area contributed by atoms with E-state index in [9.17, 15) is 31.1 Å². The number of alkyl halides is 6. The quantitative estimate of drug-likeness (QED) is 0.651. The lowest BCUT2D eigenvalue weighted by atomic mass is 10.0. The van der Waals surface area contributed by atoms with E-state index >= 15 is 0 Å². The van der Waals surface area contributed by atoms with Crippen molar-refractivity contribution in [1.82, 2.24) is 15.6 Å². The molecule has 5 nitrogen and oxygen atoms in total. The Morgan fingerprint density at radius 3 is 2.48 bits per heavy atom. The number of ether oxygens (including phenoxy) is 1. The topological polar surface area (TPSA) is 63.2 Å². The zero-order chi connectivity index (χ0) is 20.1. The van der Waals surface area contributed by atoms with Gasteiger partial charge in [-0.15, -0.1) is 0 Å². The minimum atomic E-state index is -4.33. The predicted octanol–water partition coefficient (Wildman–Crippen LogP) is 3.94. The van der Waals surface area contributed by atoms with Crippen molar-refractivity contribution in [3.8, 4) is 5.88 Å². The van der Waals surface area contributed by atoms with Gasteiger partial charge in [-0.05, 0) is 30.9 Å². The van der Waals surface area contributed by atoms with Gasteiger partial charge >= 0.3 is 18.4 Å². The molecule has 0 saturated heterocycles. The van der Waals surface area contributed by atoms with E-state index in [0.717, 1.165) is 0 Å². The van der Waals surface area contributed by atoms with E-state index in [-0.39, 0.29) is 38.2 Å². The van der Waals surface area contributed by atoms with Crippen LogP contribution in [0.2, 0.25) is 0 Å². The van der Waals surface area contributed by atoms with Crippen LogP contribution in [0, 0.1) is 5.41 Å². The smallest absolute Gasteiger partial charge is 0.394 e. The molecule has 1 aliphatic rings. The molecule has 1 aliphatic carbocycles. The van der Waals surface area contributed by atoms with Crippen molar-refractivity contribution >= 4 is 6.03 Å². The summed E-state index contributed by atoms with van der Waals surface area (Å²) in [4.78, 5) is 15.4. The number of nitrogens with zero attached hydrogens (tertiary/aromatic N) is 1. The number of urea groups is 1. The second-order valence-corrected chi connectivity index (χ2v) is 6.35. The van der Waals surface area contributed by atoms with Crippen molar-refractivity contribution in [1.29, 1.82) is 0 Å². The van der Waals surface area contributed by atoms with Gasteiger partial charge < -0.3 is 15.4 Å².